The molecule has 1 aromatic carbocycles. The molecule has 20 heavy (non-hydrogen) atoms. The van der Waals surface area contributed by atoms with Crippen LogP contribution in [0.2, 0.25) is 0 Å². The lowest BCUT2D eigenvalue weighted by Gasteiger charge is -2.15. The van der Waals surface area contributed by atoms with Gasteiger partial charge in [0.25, 0.3) is 0 Å². The number of hydrogen-bond acceptors (Lipinski definition) is 2. The second-order valence-corrected chi connectivity index (χ2v) is 5.00. The third-order valence-corrected chi connectivity index (χ3v) is 3.50. The number of likely N-dealkylation sites (tertiary alicyclic amines) is 1. The van der Waals surface area contributed by atoms with Crippen molar-refractivity contribution in [1.29, 1.82) is 0 Å². The summed E-state index contributed by atoms with van der Waals surface area (Å²) in [4.78, 5) is 2.29. The van der Waals surface area contributed by atoms with Crippen LogP contribution in [-0.4, -0.2) is 31.1 Å². The van der Waals surface area contributed by atoms with Gasteiger partial charge in [0.2, 0.25) is 0 Å². The third-order valence-electron chi connectivity index (χ3n) is 3.50. The van der Waals surface area contributed by atoms with Crippen LogP contribution >= 0.6 is 0 Å². The smallest absolute Gasteiger partial charge is 0.311 e. The molecule has 1 saturated heterocycles. The maximum atomic E-state index is 13.7. The van der Waals surface area contributed by atoms with Gasteiger partial charge in [-0.3, -0.25) is 0 Å². The van der Waals surface area contributed by atoms with Gasteiger partial charge in [-0.2, -0.15) is 13.2 Å². The lowest BCUT2D eigenvalue weighted by atomic mass is 10.1. The molecule has 1 aromatic rings. The van der Waals surface area contributed by atoms with Gasteiger partial charge in [-0.05, 0) is 32.0 Å². The topological polar surface area (TPSA) is 15.3 Å². The molecular formula is C14H18F4N2. The largest absolute Gasteiger partial charge is 0.419 e. The highest BCUT2D eigenvalue weighted by molar-refractivity contribution is 5.28. The van der Waals surface area contributed by atoms with E-state index in [-0.39, 0.29) is 12.1 Å². The average molecular weight is 290 g/mol. The van der Waals surface area contributed by atoms with Gasteiger partial charge in [0.1, 0.15) is 5.82 Å². The monoisotopic (exact) mass is 290 g/mol. The van der Waals surface area contributed by atoms with E-state index in [1.165, 1.54) is 25.0 Å². The van der Waals surface area contributed by atoms with Crippen LogP contribution < -0.4 is 5.32 Å². The van der Waals surface area contributed by atoms with E-state index in [2.05, 4.69) is 10.2 Å². The van der Waals surface area contributed by atoms with Gasteiger partial charge in [0.05, 0.1) is 5.56 Å². The van der Waals surface area contributed by atoms with Crippen LogP contribution in [0.15, 0.2) is 18.2 Å². The van der Waals surface area contributed by atoms with Crippen molar-refractivity contribution in [3.05, 3.63) is 35.1 Å². The summed E-state index contributed by atoms with van der Waals surface area (Å²) in [7, 11) is 0. The SMILES string of the molecule is Fc1c(CNCCN2CCCC2)cccc1C(F)(F)F. The van der Waals surface area contributed by atoms with Crippen LogP contribution in [0.1, 0.15) is 24.0 Å². The molecule has 6 heteroatoms. The Balaban J connectivity index is 1.86. The predicted molar refractivity (Wildman–Crippen MR) is 68.8 cm³/mol. The molecule has 0 spiro atoms. The average Bonchev–Trinajstić information content (AvgIpc) is 2.88. The Hall–Kier alpha value is -1.14. The van der Waals surface area contributed by atoms with E-state index in [4.69, 9.17) is 0 Å². The van der Waals surface area contributed by atoms with E-state index >= 15 is 0 Å². The highest BCUT2D eigenvalue weighted by Gasteiger charge is 2.34. The summed E-state index contributed by atoms with van der Waals surface area (Å²) < 4.78 is 51.4. The predicted octanol–water partition coefficient (Wildman–Crippen LogP) is 3.03. The number of benzene rings is 1. The van der Waals surface area contributed by atoms with E-state index < -0.39 is 17.6 Å². The first kappa shape index (κ1) is 15.3. The second-order valence-electron chi connectivity index (χ2n) is 5.00. The zero-order valence-electron chi connectivity index (χ0n) is 11.1. The van der Waals surface area contributed by atoms with Crippen molar-refractivity contribution in [2.75, 3.05) is 26.2 Å². The number of hydrogen-bond donors (Lipinski definition) is 1. The van der Waals surface area contributed by atoms with Gasteiger partial charge in [-0.1, -0.05) is 12.1 Å². The standard InChI is InChI=1S/C14H18F4N2/c15-13-11(4-3-5-12(13)14(16,17)18)10-19-6-9-20-7-1-2-8-20/h3-5,19H,1-2,6-10H2. The molecule has 1 fully saturated rings. The molecule has 0 amide bonds. The van der Waals surface area contributed by atoms with Gasteiger partial charge < -0.3 is 10.2 Å². The molecule has 0 radical (unpaired) electrons. The van der Waals surface area contributed by atoms with Gasteiger partial charge in [0.15, 0.2) is 0 Å². The van der Waals surface area contributed by atoms with E-state index in [1.54, 1.807) is 0 Å². The molecule has 1 heterocycles. The first-order valence-corrected chi connectivity index (χ1v) is 6.76. The summed E-state index contributed by atoms with van der Waals surface area (Å²) in [5, 5.41) is 3.00. The van der Waals surface area contributed by atoms with E-state index in [9.17, 15) is 17.6 Å². The van der Waals surface area contributed by atoms with Crippen LogP contribution in [0.25, 0.3) is 0 Å². The quantitative estimate of drug-likeness (QED) is 0.662. The zero-order valence-corrected chi connectivity index (χ0v) is 11.1. The highest BCUT2D eigenvalue weighted by atomic mass is 19.4. The van der Waals surface area contributed by atoms with E-state index in [0.717, 1.165) is 25.7 Å². The summed E-state index contributed by atoms with van der Waals surface area (Å²) >= 11 is 0. The van der Waals surface area contributed by atoms with Crippen molar-refractivity contribution in [3.63, 3.8) is 0 Å². The molecule has 0 saturated carbocycles. The summed E-state index contributed by atoms with van der Waals surface area (Å²) in [5.74, 6) is -1.17. The minimum Gasteiger partial charge on any atom is -0.311 e. The summed E-state index contributed by atoms with van der Waals surface area (Å²) in [6.07, 6.45) is -2.25. The fourth-order valence-corrected chi connectivity index (χ4v) is 2.40. The molecule has 0 unspecified atom stereocenters. The number of halogens is 4. The first-order valence-electron chi connectivity index (χ1n) is 6.76. The Bertz CT molecular complexity index is 439. The fraction of sp³-hybridized carbons (Fsp3) is 0.571. The maximum absolute atomic E-state index is 13.7. The fourth-order valence-electron chi connectivity index (χ4n) is 2.40. The third kappa shape index (κ3) is 3.93. The van der Waals surface area contributed by atoms with Crippen molar-refractivity contribution in [2.24, 2.45) is 0 Å². The Morgan fingerprint density at radius 1 is 1.15 bits per heavy atom. The maximum Gasteiger partial charge on any atom is 0.419 e. The molecule has 2 rings (SSSR count). The van der Waals surface area contributed by atoms with Gasteiger partial charge in [-0.25, -0.2) is 4.39 Å². The minimum absolute atomic E-state index is 0.0567. The highest BCUT2D eigenvalue weighted by Crippen LogP contribution is 2.32. The number of nitrogens with zero attached hydrogens (tertiary/aromatic N) is 1. The Labute approximate surface area is 115 Å². The molecule has 1 aliphatic rings. The molecule has 112 valence electrons. The summed E-state index contributed by atoms with van der Waals surface area (Å²) in [6.45, 7) is 3.75. The van der Waals surface area contributed by atoms with Crippen molar-refractivity contribution in [1.82, 2.24) is 10.2 Å². The van der Waals surface area contributed by atoms with E-state index in [0.29, 0.717) is 6.54 Å². The van der Waals surface area contributed by atoms with Crippen LogP contribution in [0.4, 0.5) is 17.6 Å². The summed E-state index contributed by atoms with van der Waals surface area (Å²) in [6, 6.07) is 3.39. The second kappa shape index (κ2) is 6.54. The zero-order chi connectivity index (χ0) is 14.6. The van der Waals surface area contributed by atoms with Gasteiger partial charge in [0, 0.05) is 25.2 Å². The lowest BCUT2D eigenvalue weighted by molar-refractivity contribution is -0.140. The number of rotatable bonds is 5. The molecule has 1 N–H and O–H groups in total. The molecular weight excluding hydrogens is 272 g/mol. The summed E-state index contributed by atoms with van der Waals surface area (Å²) in [5.41, 5.74) is -1.14. The Kier molecular flexibility index (Phi) is 4.99. The molecule has 0 atom stereocenters. The molecule has 0 aliphatic carbocycles. The van der Waals surface area contributed by atoms with E-state index in [1.807, 2.05) is 0 Å². The molecule has 1 aliphatic heterocycles. The molecule has 0 bridgehead atoms. The van der Waals surface area contributed by atoms with Crippen molar-refractivity contribution in [2.45, 2.75) is 25.6 Å². The van der Waals surface area contributed by atoms with Crippen molar-refractivity contribution in [3.8, 4) is 0 Å². The van der Waals surface area contributed by atoms with Crippen molar-refractivity contribution < 1.29 is 17.6 Å². The van der Waals surface area contributed by atoms with Crippen LogP contribution in [-0.2, 0) is 12.7 Å². The number of nitrogens with one attached hydrogen (secondary N) is 1. The van der Waals surface area contributed by atoms with Crippen LogP contribution in [0, 0.1) is 5.82 Å². The molecule has 2 nitrogen and oxygen atoms in total. The van der Waals surface area contributed by atoms with Gasteiger partial charge in [-0.15, -0.1) is 0 Å². The Morgan fingerprint density at radius 3 is 2.50 bits per heavy atom. The van der Waals surface area contributed by atoms with Gasteiger partial charge >= 0.3 is 6.18 Å². The Morgan fingerprint density at radius 2 is 1.85 bits per heavy atom. The normalized spacial score (nSPS) is 16.8. The van der Waals surface area contributed by atoms with Crippen LogP contribution in [0.5, 0.6) is 0 Å². The molecule has 0 aromatic heterocycles. The first-order chi connectivity index (χ1) is 9.48. The van der Waals surface area contributed by atoms with Crippen LogP contribution in [0.3, 0.4) is 0 Å². The van der Waals surface area contributed by atoms with Crippen molar-refractivity contribution >= 4 is 0 Å². The minimum atomic E-state index is -4.64. The lowest BCUT2D eigenvalue weighted by Crippen LogP contribution is -2.30. The number of alkyl halides is 3.